The summed E-state index contributed by atoms with van der Waals surface area (Å²) in [6, 6.07) is 24.6. The third kappa shape index (κ3) is 3.26. The molecule has 0 heterocycles. The Balaban J connectivity index is 1.84. The molecule has 0 bridgehead atoms. The Labute approximate surface area is 130 Å². The van der Waals surface area contributed by atoms with Crippen molar-refractivity contribution in [3.63, 3.8) is 0 Å². The maximum absolute atomic E-state index is 6.25. The van der Waals surface area contributed by atoms with Crippen LogP contribution in [0.15, 0.2) is 72.8 Å². The average Bonchev–Trinajstić information content (AvgIpc) is 2.49. The molecule has 3 aromatic rings. The number of benzene rings is 3. The molecular weight excluding hydrogens is 278 g/mol. The molecule has 3 rings (SSSR count). The maximum atomic E-state index is 6.25. The topological polar surface area (TPSA) is 26.0 Å². The first-order valence-corrected chi connectivity index (χ1v) is 7.28. The van der Waals surface area contributed by atoms with E-state index in [-0.39, 0.29) is 0 Å². The first-order valence-electron chi connectivity index (χ1n) is 6.90. The minimum Gasteiger partial charge on any atom is -0.399 e. The standard InChI is InChI=1S/C19H16ClN/c20-19-13-17(21)10-11-18(19)16-8-6-15(7-9-16)12-14-4-2-1-3-5-14/h1-11,13H,12,21H2. The van der Waals surface area contributed by atoms with Crippen molar-refractivity contribution in [3.05, 3.63) is 88.9 Å². The summed E-state index contributed by atoms with van der Waals surface area (Å²) in [6.07, 6.45) is 0.941. The van der Waals surface area contributed by atoms with Gasteiger partial charge in [0.2, 0.25) is 0 Å². The van der Waals surface area contributed by atoms with Crippen LogP contribution in [0.25, 0.3) is 11.1 Å². The average molecular weight is 294 g/mol. The van der Waals surface area contributed by atoms with E-state index in [1.807, 2.05) is 18.2 Å². The van der Waals surface area contributed by atoms with Crippen LogP contribution < -0.4 is 5.73 Å². The lowest BCUT2D eigenvalue weighted by molar-refractivity contribution is 1.19. The monoisotopic (exact) mass is 293 g/mol. The molecule has 1 nitrogen and oxygen atoms in total. The van der Waals surface area contributed by atoms with Gasteiger partial charge in [0, 0.05) is 11.3 Å². The fourth-order valence-electron chi connectivity index (χ4n) is 2.40. The van der Waals surface area contributed by atoms with Crippen molar-refractivity contribution < 1.29 is 0 Å². The van der Waals surface area contributed by atoms with Crippen LogP contribution in [0, 0.1) is 0 Å². The number of nitrogen functional groups attached to an aromatic ring is 1. The van der Waals surface area contributed by atoms with Gasteiger partial charge in [0.15, 0.2) is 0 Å². The molecule has 0 fully saturated rings. The quantitative estimate of drug-likeness (QED) is 0.662. The zero-order valence-corrected chi connectivity index (χ0v) is 12.3. The molecule has 0 aliphatic rings. The lowest BCUT2D eigenvalue weighted by atomic mass is 10.0. The van der Waals surface area contributed by atoms with E-state index in [2.05, 4.69) is 48.5 Å². The Hall–Kier alpha value is -2.25. The second kappa shape index (κ2) is 6.02. The van der Waals surface area contributed by atoms with Gasteiger partial charge in [0.05, 0.1) is 5.02 Å². The van der Waals surface area contributed by atoms with Crippen LogP contribution in [-0.2, 0) is 6.42 Å². The number of nitrogens with two attached hydrogens (primary N) is 1. The van der Waals surface area contributed by atoms with Gasteiger partial charge in [-0.25, -0.2) is 0 Å². The van der Waals surface area contributed by atoms with Gasteiger partial charge in [0.25, 0.3) is 0 Å². The predicted molar refractivity (Wildman–Crippen MR) is 90.5 cm³/mol. The molecule has 0 unspecified atom stereocenters. The third-order valence-corrected chi connectivity index (χ3v) is 3.82. The Kier molecular flexibility index (Phi) is 3.94. The molecule has 2 heteroatoms. The smallest absolute Gasteiger partial charge is 0.0504 e. The summed E-state index contributed by atoms with van der Waals surface area (Å²) in [7, 11) is 0. The number of halogens is 1. The molecule has 0 saturated heterocycles. The molecule has 0 amide bonds. The van der Waals surface area contributed by atoms with E-state index >= 15 is 0 Å². The van der Waals surface area contributed by atoms with Gasteiger partial charge in [-0.1, -0.05) is 72.3 Å². The summed E-state index contributed by atoms with van der Waals surface area (Å²) in [5.74, 6) is 0. The molecule has 3 aromatic carbocycles. The molecule has 21 heavy (non-hydrogen) atoms. The first-order chi connectivity index (χ1) is 10.2. The van der Waals surface area contributed by atoms with E-state index < -0.39 is 0 Å². The lowest BCUT2D eigenvalue weighted by Crippen LogP contribution is -1.89. The fourth-order valence-corrected chi connectivity index (χ4v) is 2.70. The summed E-state index contributed by atoms with van der Waals surface area (Å²) < 4.78 is 0. The normalized spacial score (nSPS) is 10.5. The molecule has 104 valence electrons. The highest BCUT2D eigenvalue weighted by atomic mass is 35.5. The van der Waals surface area contributed by atoms with Crippen LogP contribution in [0.3, 0.4) is 0 Å². The van der Waals surface area contributed by atoms with Gasteiger partial charge in [-0.05, 0) is 35.2 Å². The molecule has 2 N–H and O–H groups in total. The predicted octanol–water partition coefficient (Wildman–Crippen LogP) is 5.18. The second-order valence-electron chi connectivity index (χ2n) is 5.10. The zero-order chi connectivity index (χ0) is 14.7. The van der Waals surface area contributed by atoms with Gasteiger partial charge in [0.1, 0.15) is 0 Å². The van der Waals surface area contributed by atoms with Gasteiger partial charge >= 0.3 is 0 Å². The van der Waals surface area contributed by atoms with E-state index in [4.69, 9.17) is 17.3 Å². The van der Waals surface area contributed by atoms with Crippen LogP contribution in [0.5, 0.6) is 0 Å². The van der Waals surface area contributed by atoms with E-state index in [9.17, 15) is 0 Å². The van der Waals surface area contributed by atoms with Gasteiger partial charge in [-0.2, -0.15) is 0 Å². The molecule has 0 saturated carbocycles. The highest BCUT2D eigenvalue weighted by Crippen LogP contribution is 2.29. The van der Waals surface area contributed by atoms with Crippen molar-refractivity contribution in [3.8, 4) is 11.1 Å². The minimum absolute atomic E-state index is 0.685. The van der Waals surface area contributed by atoms with E-state index in [0.717, 1.165) is 17.5 Å². The molecule has 0 spiro atoms. The van der Waals surface area contributed by atoms with Crippen LogP contribution in [0.4, 0.5) is 5.69 Å². The second-order valence-corrected chi connectivity index (χ2v) is 5.51. The van der Waals surface area contributed by atoms with E-state index in [1.165, 1.54) is 11.1 Å². The molecular formula is C19H16ClN. The zero-order valence-electron chi connectivity index (χ0n) is 11.6. The maximum Gasteiger partial charge on any atom is 0.0504 e. The number of rotatable bonds is 3. The molecule has 0 aliphatic carbocycles. The molecule has 0 aliphatic heterocycles. The van der Waals surface area contributed by atoms with Crippen molar-refractivity contribution in [2.24, 2.45) is 0 Å². The van der Waals surface area contributed by atoms with Crippen molar-refractivity contribution >= 4 is 17.3 Å². The Morgan fingerprint density at radius 3 is 2.10 bits per heavy atom. The summed E-state index contributed by atoms with van der Waals surface area (Å²) in [5.41, 5.74) is 11.1. The summed E-state index contributed by atoms with van der Waals surface area (Å²) in [5, 5.41) is 0.686. The van der Waals surface area contributed by atoms with Crippen molar-refractivity contribution in [2.75, 3.05) is 5.73 Å². The fraction of sp³-hybridized carbons (Fsp3) is 0.0526. The molecule has 0 atom stereocenters. The van der Waals surface area contributed by atoms with Gasteiger partial charge in [-0.3, -0.25) is 0 Å². The van der Waals surface area contributed by atoms with Crippen LogP contribution in [0.2, 0.25) is 5.02 Å². The van der Waals surface area contributed by atoms with Crippen LogP contribution in [-0.4, -0.2) is 0 Å². The highest BCUT2D eigenvalue weighted by Gasteiger charge is 2.04. The van der Waals surface area contributed by atoms with Crippen molar-refractivity contribution in [1.82, 2.24) is 0 Å². The van der Waals surface area contributed by atoms with Gasteiger partial charge in [-0.15, -0.1) is 0 Å². The van der Waals surface area contributed by atoms with Crippen molar-refractivity contribution in [2.45, 2.75) is 6.42 Å². The largest absolute Gasteiger partial charge is 0.399 e. The number of hydrogen-bond donors (Lipinski definition) is 1. The highest BCUT2D eigenvalue weighted by molar-refractivity contribution is 6.33. The van der Waals surface area contributed by atoms with Crippen molar-refractivity contribution in [1.29, 1.82) is 0 Å². The summed E-state index contributed by atoms with van der Waals surface area (Å²) >= 11 is 6.25. The number of anilines is 1. The summed E-state index contributed by atoms with van der Waals surface area (Å²) in [6.45, 7) is 0. The SMILES string of the molecule is Nc1ccc(-c2ccc(Cc3ccccc3)cc2)c(Cl)c1. The van der Waals surface area contributed by atoms with E-state index in [1.54, 1.807) is 6.07 Å². The Morgan fingerprint density at radius 2 is 1.43 bits per heavy atom. The Morgan fingerprint density at radius 1 is 0.762 bits per heavy atom. The molecule has 0 aromatic heterocycles. The van der Waals surface area contributed by atoms with E-state index in [0.29, 0.717) is 10.7 Å². The van der Waals surface area contributed by atoms with Crippen LogP contribution in [0.1, 0.15) is 11.1 Å². The molecule has 0 radical (unpaired) electrons. The first kappa shape index (κ1) is 13.7. The number of hydrogen-bond acceptors (Lipinski definition) is 1. The minimum atomic E-state index is 0.685. The van der Waals surface area contributed by atoms with Crippen LogP contribution >= 0.6 is 11.6 Å². The lowest BCUT2D eigenvalue weighted by Gasteiger charge is -2.07. The Bertz CT molecular complexity index is 733. The summed E-state index contributed by atoms with van der Waals surface area (Å²) in [4.78, 5) is 0. The third-order valence-electron chi connectivity index (χ3n) is 3.51. The van der Waals surface area contributed by atoms with Gasteiger partial charge < -0.3 is 5.73 Å².